The summed E-state index contributed by atoms with van der Waals surface area (Å²) in [6.45, 7) is 0.557. The van der Waals surface area contributed by atoms with Gasteiger partial charge in [0.25, 0.3) is 0 Å². The Morgan fingerprint density at radius 3 is 2.15 bits per heavy atom. The number of nitrogens with one attached hydrogen (secondary N) is 1. The molecule has 0 aliphatic heterocycles. The maximum atomic E-state index is 11.7. The van der Waals surface area contributed by atoms with E-state index >= 15 is 0 Å². The van der Waals surface area contributed by atoms with Gasteiger partial charge in [0, 0.05) is 13.0 Å². The third kappa shape index (κ3) is 11.6. The van der Waals surface area contributed by atoms with Crippen LogP contribution in [0.3, 0.4) is 0 Å². The fourth-order valence-corrected chi connectivity index (χ4v) is 2.92. The van der Waals surface area contributed by atoms with Crippen LogP contribution in [-0.2, 0) is 16.0 Å². The molecule has 5 N–H and O–H groups in total. The fourth-order valence-electron chi connectivity index (χ4n) is 2.92. The first-order valence-corrected chi connectivity index (χ1v) is 9.95. The lowest BCUT2D eigenvalue weighted by Gasteiger charge is -2.08. The Morgan fingerprint density at radius 2 is 1.50 bits per heavy atom. The molecule has 26 heavy (non-hydrogen) atoms. The van der Waals surface area contributed by atoms with Crippen molar-refractivity contribution in [2.75, 3.05) is 6.54 Å². The molecule has 1 rings (SSSR count). The highest BCUT2D eigenvalue weighted by Gasteiger charge is 2.08. The number of hydrogen-bond acceptors (Lipinski definition) is 3. The van der Waals surface area contributed by atoms with Gasteiger partial charge in [-0.2, -0.15) is 0 Å². The zero-order chi connectivity index (χ0) is 19.0. The molecule has 0 saturated heterocycles. The van der Waals surface area contributed by atoms with Crippen molar-refractivity contribution in [1.29, 1.82) is 0 Å². The van der Waals surface area contributed by atoms with Crippen molar-refractivity contribution in [2.45, 2.75) is 76.7 Å². The molecule has 5 nitrogen and oxygen atoms in total. The van der Waals surface area contributed by atoms with Gasteiger partial charge in [-0.05, 0) is 37.7 Å². The molecule has 2 amide bonds. The molecule has 0 aliphatic carbocycles. The SMILES string of the molecule is NC(=O)[C@@H](N)CCCNC(=O)CCCCCCCCCc1ccccc1. The average Bonchev–Trinajstić information content (AvgIpc) is 2.64. The number of hydrogen-bond donors (Lipinski definition) is 3. The summed E-state index contributed by atoms with van der Waals surface area (Å²) in [5.41, 5.74) is 12.0. The molecule has 5 heteroatoms. The summed E-state index contributed by atoms with van der Waals surface area (Å²) in [7, 11) is 0. The highest BCUT2D eigenvalue weighted by molar-refractivity contribution is 5.79. The van der Waals surface area contributed by atoms with Crippen LogP contribution in [0.4, 0.5) is 0 Å². The van der Waals surface area contributed by atoms with Gasteiger partial charge in [-0.15, -0.1) is 0 Å². The van der Waals surface area contributed by atoms with Gasteiger partial charge >= 0.3 is 0 Å². The lowest BCUT2D eigenvalue weighted by atomic mass is 10.0. The van der Waals surface area contributed by atoms with E-state index in [9.17, 15) is 9.59 Å². The van der Waals surface area contributed by atoms with Crippen LogP contribution in [0.2, 0.25) is 0 Å². The van der Waals surface area contributed by atoms with E-state index in [0.717, 1.165) is 12.8 Å². The lowest BCUT2D eigenvalue weighted by Crippen LogP contribution is -2.37. The fraction of sp³-hybridized carbons (Fsp3) is 0.619. The summed E-state index contributed by atoms with van der Waals surface area (Å²) in [6.07, 6.45) is 11.3. The molecule has 0 bridgehead atoms. The van der Waals surface area contributed by atoms with Crippen LogP contribution < -0.4 is 16.8 Å². The molecule has 0 unspecified atom stereocenters. The number of rotatable bonds is 15. The van der Waals surface area contributed by atoms with Crippen molar-refractivity contribution in [2.24, 2.45) is 11.5 Å². The molecule has 1 atom stereocenters. The molecule has 0 radical (unpaired) electrons. The van der Waals surface area contributed by atoms with Crippen LogP contribution in [-0.4, -0.2) is 24.4 Å². The van der Waals surface area contributed by atoms with E-state index in [-0.39, 0.29) is 5.91 Å². The van der Waals surface area contributed by atoms with Crippen LogP contribution in [0.15, 0.2) is 30.3 Å². The summed E-state index contributed by atoms with van der Waals surface area (Å²) in [5.74, 6) is -0.406. The number of unbranched alkanes of at least 4 members (excludes halogenated alkanes) is 6. The minimum Gasteiger partial charge on any atom is -0.368 e. The number of benzene rings is 1. The smallest absolute Gasteiger partial charge is 0.234 e. The minimum atomic E-state index is -0.611. The lowest BCUT2D eigenvalue weighted by molar-refractivity contribution is -0.121. The van der Waals surface area contributed by atoms with Crippen LogP contribution in [0.25, 0.3) is 0 Å². The number of aryl methyl sites for hydroxylation is 1. The van der Waals surface area contributed by atoms with Gasteiger partial charge in [0.2, 0.25) is 11.8 Å². The van der Waals surface area contributed by atoms with Crippen LogP contribution >= 0.6 is 0 Å². The molecule has 1 aromatic rings. The van der Waals surface area contributed by atoms with Crippen molar-refractivity contribution < 1.29 is 9.59 Å². The highest BCUT2D eigenvalue weighted by Crippen LogP contribution is 2.11. The van der Waals surface area contributed by atoms with Gasteiger partial charge in [-0.1, -0.05) is 62.4 Å². The van der Waals surface area contributed by atoms with Crippen LogP contribution in [0.5, 0.6) is 0 Å². The van der Waals surface area contributed by atoms with Crippen molar-refractivity contribution >= 4 is 11.8 Å². The van der Waals surface area contributed by atoms with E-state index in [1.54, 1.807) is 0 Å². The van der Waals surface area contributed by atoms with Gasteiger partial charge < -0.3 is 16.8 Å². The minimum absolute atomic E-state index is 0.0838. The Balaban J connectivity index is 1.85. The molecule has 1 aromatic carbocycles. The predicted octanol–water partition coefficient (Wildman–Crippen LogP) is 3.06. The van der Waals surface area contributed by atoms with Gasteiger partial charge in [0.1, 0.15) is 0 Å². The highest BCUT2D eigenvalue weighted by atomic mass is 16.2. The van der Waals surface area contributed by atoms with E-state index in [0.29, 0.717) is 25.8 Å². The van der Waals surface area contributed by atoms with Crippen molar-refractivity contribution in [3.05, 3.63) is 35.9 Å². The number of carbonyl (C=O) groups excluding carboxylic acids is 2. The third-order valence-electron chi connectivity index (χ3n) is 4.59. The summed E-state index contributed by atoms with van der Waals surface area (Å²) in [4.78, 5) is 22.5. The van der Waals surface area contributed by atoms with Gasteiger partial charge in [-0.3, -0.25) is 9.59 Å². The number of carbonyl (C=O) groups is 2. The van der Waals surface area contributed by atoms with E-state index in [4.69, 9.17) is 11.5 Å². The molecule has 146 valence electrons. The Hall–Kier alpha value is -1.88. The van der Waals surface area contributed by atoms with Crippen LogP contribution in [0, 0.1) is 0 Å². The molecule has 0 aromatic heterocycles. The van der Waals surface area contributed by atoms with E-state index in [1.807, 2.05) is 0 Å². The molecule has 0 spiro atoms. The standard InChI is InChI=1S/C21H35N3O2/c22-19(21(23)26)15-11-17-24-20(25)16-10-5-3-1-2-4-7-12-18-13-8-6-9-14-18/h6,8-9,13-14,19H,1-5,7,10-12,15-17,22H2,(H2,23,26)(H,24,25)/t19-/m0/s1. The quantitative estimate of drug-likeness (QED) is 0.419. The first-order chi connectivity index (χ1) is 12.6. The Kier molecular flexibility index (Phi) is 12.2. The maximum Gasteiger partial charge on any atom is 0.234 e. The second-order valence-electron chi connectivity index (χ2n) is 6.96. The summed E-state index contributed by atoms with van der Waals surface area (Å²) in [5, 5.41) is 2.86. The Labute approximate surface area is 157 Å². The van der Waals surface area contributed by atoms with E-state index < -0.39 is 11.9 Å². The van der Waals surface area contributed by atoms with Gasteiger partial charge in [-0.25, -0.2) is 0 Å². The Morgan fingerprint density at radius 1 is 0.885 bits per heavy atom. The molecule has 0 fully saturated rings. The van der Waals surface area contributed by atoms with Crippen molar-refractivity contribution in [3.63, 3.8) is 0 Å². The molecule has 0 heterocycles. The predicted molar refractivity (Wildman–Crippen MR) is 106 cm³/mol. The molecule has 0 aliphatic rings. The monoisotopic (exact) mass is 361 g/mol. The first-order valence-electron chi connectivity index (χ1n) is 9.95. The van der Waals surface area contributed by atoms with Gasteiger partial charge in [0.15, 0.2) is 0 Å². The second kappa shape index (κ2) is 14.3. The Bertz CT molecular complexity index is 505. The second-order valence-corrected chi connectivity index (χ2v) is 6.96. The van der Waals surface area contributed by atoms with Crippen molar-refractivity contribution in [3.8, 4) is 0 Å². The van der Waals surface area contributed by atoms with E-state index in [2.05, 4.69) is 35.6 Å². The third-order valence-corrected chi connectivity index (χ3v) is 4.59. The average molecular weight is 362 g/mol. The molecular weight excluding hydrogens is 326 g/mol. The maximum absolute atomic E-state index is 11.7. The largest absolute Gasteiger partial charge is 0.368 e. The summed E-state index contributed by atoms with van der Waals surface area (Å²) >= 11 is 0. The summed E-state index contributed by atoms with van der Waals surface area (Å²) < 4.78 is 0. The summed E-state index contributed by atoms with van der Waals surface area (Å²) in [6, 6.07) is 10.0. The number of nitrogens with two attached hydrogens (primary N) is 2. The van der Waals surface area contributed by atoms with Crippen molar-refractivity contribution in [1.82, 2.24) is 5.32 Å². The zero-order valence-corrected chi connectivity index (χ0v) is 15.9. The number of amides is 2. The normalized spacial score (nSPS) is 11.9. The molecule has 0 saturated carbocycles. The van der Waals surface area contributed by atoms with Crippen LogP contribution in [0.1, 0.15) is 69.8 Å². The van der Waals surface area contributed by atoms with E-state index in [1.165, 1.54) is 44.1 Å². The zero-order valence-electron chi connectivity index (χ0n) is 15.9. The number of primary amides is 1. The first kappa shape index (κ1) is 22.2. The molecular formula is C21H35N3O2. The van der Waals surface area contributed by atoms with Gasteiger partial charge in [0.05, 0.1) is 6.04 Å². The topological polar surface area (TPSA) is 98.2 Å².